The van der Waals surface area contributed by atoms with Crippen LogP contribution in [0, 0.1) is 5.92 Å². The zero-order valence-electron chi connectivity index (χ0n) is 17.6. The second kappa shape index (κ2) is 9.77. The van der Waals surface area contributed by atoms with E-state index in [9.17, 15) is 4.79 Å². The molecule has 4 rings (SSSR count). The van der Waals surface area contributed by atoms with E-state index < -0.39 is 0 Å². The van der Waals surface area contributed by atoms with Crippen LogP contribution in [0.4, 0.5) is 0 Å². The fraction of sp³-hybridized carbons (Fsp3) is 0.346. The van der Waals surface area contributed by atoms with E-state index in [4.69, 9.17) is 4.74 Å². The van der Waals surface area contributed by atoms with Gasteiger partial charge < -0.3 is 10.1 Å². The van der Waals surface area contributed by atoms with Crippen molar-refractivity contribution >= 4 is 16.7 Å². The third-order valence-electron chi connectivity index (χ3n) is 5.74. The number of carbonyl (C=O) groups is 1. The molecule has 1 fully saturated rings. The first-order chi connectivity index (χ1) is 14.7. The monoisotopic (exact) mass is 402 g/mol. The van der Waals surface area contributed by atoms with Gasteiger partial charge in [0.15, 0.2) is 0 Å². The van der Waals surface area contributed by atoms with Crippen LogP contribution >= 0.6 is 0 Å². The molecule has 4 nitrogen and oxygen atoms in total. The van der Waals surface area contributed by atoms with Gasteiger partial charge in [-0.05, 0) is 65.9 Å². The molecule has 1 amide bonds. The number of rotatable bonds is 7. The smallest absolute Gasteiger partial charge is 0.251 e. The minimum Gasteiger partial charge on any atom is -0.492 e. The van der Waals surface area contributed by atoms with Crippen LogP contribution in [0.2, 0.25) is 0 Å². The highest BCUT2D eigenvalue weighted by molar-refractivity contribution is 5.94. The van der Waals surface area contributed by atoms with Gasteiger partial charge in [0.05, 0.1) is 6.54 Å². The molecule has 156 valence electrons. The van der Waals surface area contributed by atoms with Crippen LogP contribution in [0.15, 0.2) is 66.7 Å². The zero-order valence-corrected chi connectivity index (χ0v) is 17.6. The number of fused-ring (bicyclic) bond motifs is 1. The number of carbonyl (C=O) groups excluding carboxylic acids is 1. The van der Waals surface area contributed by atoms with Crippen molar-refractivity contribution in [1.82, 2.24) is 10.2 Å². The van der Waals surface area contributed by atoms with Crippen LogP contribution in [-0.2, 0) is 6.54 Å². The number of piperidine rings is 1. The number of likely N-dealkylation sites (tertiary alicyclic amines) is 1. The number of benzene rings is 3. The lowest BCUT2D eigenvalue weighted by Crippen LogP contribution is -2.33. The first-order valence-electron chi connectivity index (χ1n) is 10.9. The molecular formula is C26H30N2O2. The van der Waals surface area contributed by atoms with Gasteiger partial charge in [-0.25, -0.2) is 0 Å². The van der Waals surface area contributed by atoms with Crippen molar-refractivity contribution in [3.63, 3.8) is 0 Å². The summed E-state index contributed by atoms with van der Waals surface area (Å²) in [7, 11) is 0. The van der Waals surface area contributed by atoms with Crippen molar-refractivity contribution < 1.29 is 9.53 Å². The molecule has 1 unspecified atom stereocenters. The molecule has 30 heavy (non-hydrogen) atoms. The van der Waals surface area contributed by atoms with Crippen molar-refractivity contribution in [3.05, 3.63) is 77.9 Å². The fourth-order valence-corrected chi connectivity index (χ4v) is 4.14. The molecule has 0 bridgehead atoms. The van der Waals surface area contributed by atoms with Crippen LogP contribution in [0.3, 0.4) is 0 Å². The van der Waals surface area contributed by atoms with Gasteiger partial charge in [0.2, 0.25) is 0 Å². The molecule has 0 radical (unpaired) electrons. The zero-order chi connectivity index (χ0) is 20.8. The average molecular weight is 403 g/mol. The lowest BCUT2D eigenvalue weighted by atomic mass is 9.99. The van der Waals surface area contributed by atoms with E-state index in [1.54, 1.807) is 0 Å². The molecule has 1 saturated heterocycles. The Morgan fingerprint density at radius 3 is 2.67 bits per heavy atom. The van der Waals surface area contributed by atoms with Crippen LogP contribution in [0.25, 0.3) is 10.8 Å². The Labute approximate surface area is 178 Å². The van der Waals surface area contributed by atoms with Crippen molar-refractivity contribution in [2.45, 2.75) is 26.3 Å². The quantitative estimate of drug-likeness (QED) is 0.573. The molecule has 0 spiro atoms. The molecule has 4 heteroatoms. The van der Waals surface area contributed by atoms with Gasteiger partial charge in [-0.15, -0.1) is 0 Å². The summed E-state index contributed by atoms with van der Waals surface area (Å²) in [6.45, 7) is 6.53. The Morgan fingerprint density at radius 2 is 1.87 bits per heavy atom. The van der Waals surface area contributed by atoms with Crippen LogP contribution in [0.1, 0.15) is 35.7 Å². The highest BCUT2D eigenvalue weighted by Crippen LogP contribution is 2.20. The van der Waals surface area contributed by atoms with Crippen molar-refractivity contribution in [1.29, 1.82) is 0 Å². The standard InChI is InChI=1S/C26H30N2O2/c1-20-5-4-15-28(18-20)19-21-8-10-23(11-9-21)26(29)27-14-16-30-25-13-12-22-6-2-3-7-24(22)17-25/h2-3,6-13,17,20H,4-5,14-16,18-19H2,1H3,(H,27,29). The van der Waals surface area contributed by atoms with Gasteiger partial charge in [-0.2, -0.15) is 0 Å². The fourth-order valence-electron chi connectivity index (χ4n) is 4.14. The maximum absolute atomic E-state index is 12.4. The molecule has 0 aliphatic carbocycles. The normalized spacial score (nSPS) is 17.0. The molecule has 0 saturated carbocycles. The van der Waals surface area contributed by atoms with Crippen LogP contribution in [0.5, 0.6) is 5.75 Å². The Hall–Kier alpha value is -2.85. The summed E-state index contributed by atoms with van der Waals surface area (Å²) in [5.41, 5.74) is 1.96. The number of nitrogens with one attached hydrogen (secondary N) is 1. The highest BCUT2D eigenvalue weighted by Gasteiger charge is 2.16. The third kappa shape index (κ3) is 5.39. The van der Waals surface area contributed by atoms with E-state index >= 15 is 0 Å². The van der Waals surface area contributed by atoms with Crippen LogP contribution < -0.4 is 10.1 Å². The number of amides is 1. The van der Waals surface area contributed by atoms with Gasteiger partial charge in [-0.1, -0.05) is 49.4 Å². The number of nitrogens with zero attached hydrogens (tertiary/aromatic N) is 1. The molecular weight excluding hydrogens is 372 g/mol. The predicted molar refractivity (Wildman–Crippen MR) is 122 cm³/mol. The maximum atomic E-state index is 12.4. The molecule has 1 heterocycles. The minimum atomic E-state index is -0.0599. The van der Waals surface area contributed by atoms with Crippen molar-refractivity contribution in [2.24, 2.45) is 5.92 Å². The van der Waals surface area contributed by atoms with E-state index in [-0.39, 0.29) is 5.91 Å². The summed E-state index contributed by atoms with van der Waals surface area (Å²) in [4.78, 5) is 14.9. The molecule has 0 aromatic heterocycles. The van der Waals surface area contributed by atoms with E-state index in [2.05, 4.69) is 47.5 Å². The van der Waals surface area contributed by atoms with E-state index in [0.717, 1.165) is 23.6 Å². The summed E-state index contributed by atoms with van der Waals surface area (Å²) in [6.07, 6.45) is 2.61. The first-order valence-corrected chi connectivity index (χ1v) is 10.9. The topological polar surface area (TPSA) is 41.6 Å². The second-order valence-corrected chi connectivity index (χ2v) is 8.29. The summed E-state index contributed by atoms with van der Waals surface area (Å²) in [6, 6.07) is 22.2. The minimum absolute atomic E-state index is 0.0599. The largest absolute Gasteiger partial charge is 0.492 e. The SMILES string of the molecule is CC1CCCN(Cc2ccc(C(=O)NCCOc3ccc4ccccc4c3)cc2)C1. The number of hydrogen-bond acceptors (Lipinski definition) is 3. The lowest BCUT2D eigenvalue weighted by molar-refractivity contribution is 0.0947. The summed E-state index contributed by atoms with van der Waals surface area (Å²) >= 11 is 0. The first kappa shape index (κ1) is 20.4. The van der Waals surface area contributed by atoms with Gasteiger partial charge in [0, 0.05) is 18.7 Å². The molecule has 1 atom stereocenters. The van der Waals surface area contributed by atoms with Gasteiger partial charge >= 0.3 is 0 Å². The van der Waals surface area contributed by atoms with Gasteiger partial charge in [0.25, 0.3) is 5.91 Å². The average Bonchev–Trinajstić information content (AvgIpc) is 2.77. The van der Waals surface area contributed by atoms with Gasteiger partial charge in [0.1, 0.15) is 12.4 Å². The molecule has 3 aromatic rings. The second-order valence-electron chi connectivity index (χ2n) is 8.29. The number of hydrogen-bond donors (Lipinski definition) is 1. The molecule has 3 aromatic carbocycles. The Balaban J connectivity index is 1.22. The third-order valence-corrected chi connectivity index (χ3v) is 5.74. The Bertz CT molecular complexity index is 984. The van der Waals surface area contributed by atoms with E-state index in [1.807, 2.05) is 36.4 Å². The summed E-state index contributed by atoms with van der Waals surface area (Å²) < 4.78 is 5.79. The van der Waals surface area contributed by atoms with Gasteiger partial charge in [-0.3, -0.25) is 9.69 Å². The molecule has 1 aliphatic heterocycles. The van der Waals surface area contributed by atoms with Crippen LogP contribution in [-0.4, -0.2) is 37.0 Å². The maximum Gasteiger partial charge on any atom is 0.251 e. The molecule has 1 N–H and O–H groups in total. The highest BCUT2D eigenvalue weighted by atomic mass is 16.5. The summed E-state index contributed by atoms with van der Waals surface area (Å²) in [5, 5.41) is 5.28. The Kier molecular flexibility index (Phi) is 6.65. The molecule has 1 aliphatic rings. The Morgan fingerprint density at radius 1 is 1.07 bits per heavy atom. The van der Waals surface area contributed by atoms with E-state index in [1.165, 1.54) is 36.9 Å². The summed E-state index contributed by atoms with van der Waals surface area (Å²) in [5.74, 6) is 1.54. The lowest BCUT2D eigenvalue weighted by Gasteiger charge is -2.30. The van der Waals surface area contributed by atoms with Crippen molar-refractivity contribution in [3.8, 4) is 5.75 Å². The van der Waals surface area contributed by atoms with E-state index in [0.29, 0.717) is 18.7 Å². The van der Waals surface area contributed by atoms with Crippen molar-refractivity contribution in [2.75, 3.05) is 26.2 Å². The predicted octanol–water partition coefficient (Wildman–Crippen LogP) is 4.88. The number of ether oxygens (including phenoxy) is 1.